The van der Waals surface area contributed by atoms with E-state index in [1.165, 1.54) is 4.90 Å². The molecule has 1 rings (SSSR count). The lowest BCUT2D eigenvalue weighted by atomic mass is 10.1. The molecule has 4 nitrogen and oxygen atoms in total. The number of aryl methyl sites for hydroxylation is 1. The number of likely N-dealkylation sites (N-methyl/N-ethyl adjacent to an activating group) is 1. The highest BCUT2D eigenvalue weighted by molar-refractivity contribution is 5.94. The lowest BCUT2D eigenvalue weighted by molar-refractivity contribution is 0.0703. The van der Waals surface area contributed by atoms with E-state index in [0.717, 1.165) is 11.1 Å². The first-order chi connectivity index (χ1) is 8.93. The topological polar surface area (TPSA) is 66.6 Å². The number of carbonyl (C=O) groups excluding carboxylic acids is 1. The van der Waals surface area contributed by atoms with Crippen LogP contribution in [0.1, 0.15) is 28.4 Å². The zero-order chi connectivity index (χ0) is 14.4. The zero-order valence-corrected chi connectivity index (χ0v) is 11.6. The maximum atomic E-state index is 12.2. The van der Waals surface area contributed by atoms with Crippen LogP contribution in [0.5, 0.6) is 0 Å². The highest BCUT2D eigenvalue weighted by atomic mass is 16.3. The number of carbonyl (C=O) groups is 1. The van der Waals surface area contributed by atoms with Gasteiger partial charge in [-0.2, -0.15) is 0 Å². The van der Waals surface area contributed by atoms with Gasteiger partial charge in [-0.3, -0.25) is 4.79 Å². The average Bonchev–Trinajstić information content (AvgIpc) is 2.33. The largest absolute Gasteiger partial charge is 0.392 e. The Bertz CT molecular complexity index is 513. The van der Waals surface area contributed by atoms with E-state index in [0.29, 0.717) is 18.7 Å². The van der Waals surface area contributed by atoms with Gasteiger partial charge in [-0.15, -0.1) is 0 Å². The Morgan fingerprint density at radius 2 is 2.16 bits per heavy atom. The predicted molar refractivity (Wildman–Crippen MR) is 75.8 cm³/mol. The van der Waals surface area contributed by atoms with Gasteiger partial charge in [0.05, 0.1) is 12.6 Å². The van der Waals surface area contributed by atoms with Gasteiger partial charge in [0.15, 0.2) is 0 Å². The van der Waals surface area contributed by atoms with Crippen molar-refractivity contribution >= 4 is 5.91 Å². The maximum Gasteiger partial charge on any atom is 0.253 e. The molecule has 0 spiro atoms. The van der Waals surface area contributed by atoms with Crippen molar-refractivity contribution in [3.63, 3.8) is 0 Å². The van der Waals surface area contributed by atoms with Crippen LogP contribution >= 0.6 is 0 Å². The molecule has 102 valence electrons. The highest BCUT2D eigenvalue weighted by Crippen LogP contribution is 2.11. The summed E-state index contributed by atoms with van der Waals surface area (Å²) in [6.45, 7) is 4.16. The molecule has 0 bridgehead atoms. The van der Waals surface area contributed by atoms with E-state index >= 15 is 0 Å². The van der Waals surface area contributed by atoms with Crippen LogP contribution < -0.4 is 5.73 Å². The second-order valence-electron chi connectivity index (χ2n) is 4.63. The number of benzene rings is 1. The van der Waals surface area contributed by atoms with Crippen LogP contribution in [0.25, 0.3) is 0 Å². The zero-order valence-electron chi connectivity index (χ0n) is 11.6. The number of amides is 1. The molecule has 19 heavy (non-hydrogen) atoms. The molecular weight excluding hydrogens is 240 g/mol. The first-order valence-electron chi connectivity index (χ1n) is 6.18. The van der Waals surface area contributed by atoms with Gasteiger partial charge in [0.2, 0.25) is 0 Å². The summed E-state index contributed by atoms with van der Waals surface area (Å²) < 4.78 is 0. The molecule has 0 aromatic heterocycles. The molecule has 0 radical (unpaired) electrons. The predicted octanol–water partition coefficient (Wildman–Crippen LogP) is 0.758. The van der Waals surface area contributed by atoms with Crippen LogP contribution in [0, 0.1) is 18.8 Å². The number of aliphatic hydroxyl groups excluding tert-OH is 1. The number of rotatable bonds is 3. The van der Waals surface area contributed by atoms with Gasteiger partial charge in [-0.25, -0.2) is 0 Å². The molecule has 1 atom stereocenters. The van der Waals surface area contributed by atoms with E-state index in [2.05, 4.69) is 11.8 Å². The van der Waals surface area contributed by atoms with E-state index in [4.69, 9.17) is 5.73 Å². The molecule has 0 aliphatic rings. The molecule has 1 unspecified atom stereocenters. The van der Waals surface area contributed by atoms with Crippen molar-refractivity contribution in [3.05, 3.63) is 34.9 Å². The number of hydrogen-bond donors (Lipinski definition) is 2. The first kappa shape index (κ1) is 15.2. The van der Waals surface area contributed by atoms with Crippen molar-refractivity contribution in [2.45, 2.75) is 20.0 Å². The van der Waals surface area contributed by atoms with Gasteiger partial charge >= 0.3 is 0 Å². The molecule has 0 saturated carbocycles. The number of nitrogens with two attached hydrogens (primary N) is 1. The fraction of sp³-hybridized carbons (Fsp3) is 0.400. The summed E-state index contributed by atoms with van der Waals surface area (Å²) in [5.41, 5.74) is 7.66. The summed E-state index contributed by atoms with van der Waals surface area (Å²) in [6.07, 6.45) is -0.546. The van der Waals surface area contributed by atoms with Gasteiger partial charge in [0.25, 0.3) is 5.91 Å². The lowest BCUT2D eigenvalue weighted by Crippen LogP contribution is -2.33. The summed E-state index contributed by atoms with van der Waals surface area (Å²) in [6, 6.07) is 5.47. The van der Waals surface area contributed by atoms with E-state index < -0.39 is 6.10 Å². The SMILES string of the molecule is Cc1cc(C#CCN)cc(C(=O)N(C)CC(C)O)c1. The number of aliphatic hydroxyl groups is 1. The van der Waals surface area contributed by atoms with Gasteiger partial charge in [0.1, 0.15) is 0 Å². The smallest absolute Gasteiger partial charge is 0.253 e. The van der Waals surface area contributed by atoms with Crippen LogP contribution in [0.4, 0.5) is 0 Å². The molecule has 4 heteroatoms. The van der Waals surface area contributed by atoms with Crippen LogP contribution in [0.2, 0.25) is 0 Å². The molecule has 0 aliphatic carbocycles. The van der Waals surface area contributed by atoms with E-state index in [-0.39, 0.29) is 5.91 Å². The minimum Gasteiger partial charge on any atom is -0.392 e. The third-order valence-electron chi connectivity index (χ3n) is 2.54. The second kappa shape index (κ2) is 6.93. The Labute approximate surface area is 114 Å². The first-order valence-corrected chi connectivity index (χ1v) is 6.18. The highest BCUT2D eigenvalue weighted by Gasteiger charge is 2.14. The Hall–Kier alpha value is -1.83. The monoisotopic (exact) mass is 260 g/mol. The molecule has 1 amide bonds. The molecule has 0 aliphatic heterocycles. The third-order valence-corrected chi connectivity index (χ3v) is 2.54. The van der Waals surface area contributed by atoms with Crippen LogP contribution in [-0.4, -0.2) is 42.2 Å². The van der Waals surface area contributed by atoms with Crippen LogP contribution in [0.15, 0.2) is 18.2 Å². The molecule has 0 fully saturated rings. The van der Waals surface area contributed by atoms with E-state index in [9.17, 15) is 9.90 Å². The molecule has 1 aromatic carbocycles. The van der Waals surface area contributed by atoms with Crippen molar-refractivity contribution in [1.29, 1.82) is 0 Å². The molecule has 0 heterocycles. The van der Waals surface area contributed by atoms with Crippen LogP contribution in [0.3, 0.4) is 0 Å². The van der Waals surface area contributed by atoms with E-state index in [1.807, 2.05) is 19.1 Å². The van der Waals surface area contributed by atoms with Crippen LogP contribution in [-0.2, 0) is 0 Å². The standard InChI is InChI=1S/C15H20N2O2/c1-11-7-13(5-4-6-16)9-14(8-11)15(19)17(3)10-12(2)18/h7-9,12,18H,6,10,16H2,1-3H3. The quantitative estimate of drug-likeness (QED) is 0.788. The fourth-order valence-corrected chi connectivity index (χ4v) is 1.83. The molecular formula is C15H20N2O2. The van der Waals surface area contributed by atoms with Crippen molar-refractivity contribution in [2.75, 3.05) is 20.1 Å². The summed E-state index contributed by atoms with van der Waals surface area (Å²) in [4.78, 5) is 13.7. The summed E-state index contributed by atoms with van der Waals surface area (Å²) in [7, 11) is 1.67. The Balaban J connectivity index is 3.00. The lowest BCUT2D eigenvalue weighted by Gasteiger charge is -2.19. The average molecular weight is 260 g/mol. The third kappa shape index (κ3) is 4.74. The Kier molecular flexibility index (Phi) is 5.56. The Morgan fingerprint density at radius 1 is 1.47 bits per heavy atom. The summed E-state index contributed by atoms with van der Waals surface area (Å²) in [5, 5.41) is 9.31. The minimum atomic E-state index is -0.546. The summed E-state index contributed by atoms with van der Waals surface area (Å²) >= 11 is 0. The summed E-state index contributed by atoms with van der Waals surface area (Å²) in [5.74, 6) is 5.57. The van der Waals surface area contributed by atoms with Crippen molar-refractivity contribution < 1.29 is 9.90 Å². The van der Waals surface area contributed by atoms with Gasteiger partial charge in [0, 0.05) is 24.7 Å². The van der Waals surface area contributed by atoms with Gasteiger partial charge in [-0.1, -0.05) is 11.8 Å². The minimum absolute atomic E-state index is 0.125. The van der Waals surface area contributed by atoms with Gasteiger partial charge < -0.3 is 15.7 Å². The van der Waals surface area contributed by atoms with Crippen molar-refractivity contribution in [3.8, 4) is 11.8 Å². The second-order valence-corrected chi connectivity index (χ2v) is 4.63. The van der Waals surface area contributed by atoms with E-state index in [1.54, 1.807) is 20.0 Å². The number of hydrogen-bond acceptors (Lipinski definition) is 3. The molecule has 3 N–H and O–H groups in total. The molecule has 0 saturated heterocycles. The van der Waals surface area contributed by atoms with Crippen molar-refractivity contribution in [2.24, 2.45) is 5.73 Å². The Morgan fingerprint density at radius 3 is 2.74 bits per heavy atom. The molecule has 1 aromatic rings. The maximum absolute atomic E-state index is 12.2. The van der Waals surface area contributed by atoms with Crippen molar-refractivity contribution in [1.82, 2.24) is 4.90 Å². The normalized spacial score (nSPS) is 11.4. The number of nitrogens with zero attached hydrogens (tertiary/aromatic N) is 1. The fourth-order valence-electron chi connectivity index (χ4n) is 1.83. The van der Waals surface area contributed by atoms with Gasteiger partial charge in [-0.05, 0) is 37.6 Å².